The average molecular weight is 382 g/mol. The van der Waals surface area contributed by atoms with Crippen LogP contribution in [0.2, 0.25) is 0 Å². The number of nitrogens with zero attached hydrogens (tertiary/aromatic N) is 3. The van der Waals surface area contributed by atoms with Crippen LogP contribution in [0.15, 0.2) is 64.5 Å². The standard InChI is InChI=1S/C21H23N3O2S/c1-3-13-24-20(26)17-11-7-8-12-18(17)22-21(24)27-15-19(25)23(2)14-16-9-5-4-6-10-16/h4-12H,3,13-15H2,1-2H3. The number of fused-ring (bicyclic) bond motifs is 1. The Morgan fingerprint density at radius 2 is 1.81 bits per heavy atom. The molecule has 0 saturated heterocycles. The summed E-state index contributed by atoms with van der Waals surface area (Å²) in [6, 6.07) is 17.2. The molecule has 2 aromatic carbocycles. The predicted octanol–water partition coefficient (Wildman–Crippen LogP) is 3.56. The molecule has 0 atom stereocenters. The van der Waals surface area contributed by atoms with Crippen molar-refractivity contribution in [2.75, 3.05) is 12.8 Å². The lowest BCUT2D eigenvalue weighted by Crippen LogP contribution is -2.29. The number of aromatic nitrogens is 2. The Balaban J connectivity index is 1.76. The Bertz CT molecular complexity index is 986. The van der Waals surface area contributed by atoms with E-state index < -0.39 is 0 Å². The first-order valence-electron chi connectivity index (χ1n) is 9.00. The van der Waals surface area contributed by atoms with Gasteiger partial charge in [0, 0.05) is 20.1 Å². The maximum absolute atomic E-state index is 12.8. The lowest BCUT2D eigenvalue weighted by atomic mass is 10.2. The van der Waals surface area contributed by atoms with Crippen molar-refractivity contribution >= 4 is 28.6 Å². The highest BCUT2D eigenvalue weighted by molar-refractivity contribution is 7.99. The minimum Gasteiger partial charge on any atom is -0.341 e. The van der Waals surface area contributed by atoms with E-state index in [2.05, 4.69) is 4.98 Å². The van der Waals surface area contributed by atoms with E-state index in [-0.39, 0.29) is 17.2 Å². The Morgan fingerprint density at radius 3 is 2.56 bits per heavy atom. The van der Waals surface area contributed by atoms with Gasteiger partial charge in [-0.05, 0) is 24.1 Å². The first-order chi connectivity index (χ1) is 13.1. The van der Waals surface area contributed by atoms with Crippen LogP contribution in [0.5, 0.6) is 0 Å². The number of amides is 1. The summed E-state index contributed by atoms with van der Waals surface area (Å²) in [5.41, 5.74) is 1.71. The maximum Gasteiger partial charge on any atom is 0.262 e. The van der Waals surface area contributed by atoms with E-state index >= 15 is 0 Å². The van der Waals surface area contributed by atoms with Gasteiger partial charge in [-0.3, -0.25) is 14.2 Å². The molecule has 0 unspecified atom stereocenters. The molecule has 0 radical (unpaired) electrons. The van der Waals surface area contributed by atoms with E-state index in [1.54, 1.807) is 22.6 Å². The van der Waals surface area contributed by atoms with Crippen LogP contribution in [0.1, 0.15) is 18.9 Å². The van der Waals surface area contributed by atoms with Crippen LogP contribution in [-0.4, -0.2) is 33.2 Å². The molecule has 0 bridgehead atoms. The summed E-state index contributed by atoms with van der Waals surface area (Å²) in [5, 5.41) is 1.21. The topological polar surface area (TPSA) is 55.2 Å². The van der Waals surface area contributed by atoms with Crippen molar-refractivity contribution in [1.82, 2.24) is 14.5 Å². The molecule has 1 aromatic heterocycles. The first-order valence-corrected chi connectivity index (χ1v) is 9.99. The van der Waals surface area contributed by atoms with Crippen LogP contribution in [0.3, 0.4) is 0 Å². The number of rotatable bonds is 7. The zero-order valence-corrected chi connectivity index (χ0v) is 16.4. The monoisotopic (exact) mass is 381 g/mol. The lowest BCUT2D eigenvalue weighted by molar-refractivity contribution is -0.127. The van der Waals surface area contributed by atoms with E-state index in [4.69, 9.17) is 0 Å². The number of hydrogen-bond donors (Lipinski definition) is 0. The van der Waals surface area contributed by atoms with Gasteiger partial charge in [-0.1, -0.05) is 61.2 Å². The molecule has 1 heterocycles. The lowest BCUT2D eigenvalue weighted by Gasteiger charge is -2.18. The zero-order valence-electron chi connectivity index (χ0n) is 15.6. The van der Waals surface area contributed by atoms with Crippen LogP contribution >= 0.6 is 11.8 Å². The summed E-state index contributed by atoms with van der Waals surface area (Å²) in [7, 11) is 1.79. The molecule has 140 valence electrons. The fourth-order valence-electron chi connectivity index (χ4n) is 2.86. The highest BCUT2D eigenvalue weighted by Gasteiger charge is 2.15. The predicted molar refractivity (Wildman–Crippen MR) is 110 cm³/mol. The smallest absolute Gasteiger partial charge is 0.262 e. The summed E-state index contributed by atoms with van der Waals surface area (Å²) >= 11 is 1.32. The molecule has 0 saturated carbocycles. The molecule has 6 heteroatoms. The van der Waals surface area contributed by atoms with Gasteiger partial charge in [-0.15, -0.1) is 0 Å². The largest absolute Gasteiger partial charge is 0.341 e. The normalized spacial score (nSPS) is 10.9. The molecule has 5 nitrogen and oxygen atoms in total. The van der Waals surface area contributed by atoms with E-state index in [1.807, 2.05) is 55.5 Å². The first kappa shape index (κ1) is 19.2. The van der Waals surface area contributed by atoms with E-state index in [0.717, 1.165) is 12.0 Å². The molecule has 0 fully saturated rings. The molecule has 1 amide bonds. The van der Waals surface area contributed by atoms with Gasteiger partial charge in [0.15, 0.2) is 5.16 Å². The number of carbonyl (C=O) groups excluding carboxylic acids is 1. The van der Waals surface area contributed by atoms with Crippen LogP contribution in [-0.2, 0) is 17.9 Å². The molecule has 0 spiro atoms. The van der Waals surface area contributed by atoms with Crippen molar-refractivity contribution in [1.29, 1.82) is 0 Å². The molecule has 0 aliphatic rings. The number of benzene rings is 2. The van der Waals surface area contributed by atoms with Crippen molar-refractivity contribution in [3.8, 4) is 0 Å². The van der Waals surface area contributed by atoms with Crippen molar-refractivity contribution in [3.63, 3.8) is 0 Å². The van der Waals surface area contributed by atoms with Crippen LogP contribution < -0.4 is 5.56 Å². The van der Waals surface area contributed by atoms with Gasteiger partial charge < -0.3 is 4.90 Å². The maximum atomic E-state index is 12.8. The number of para-hydroxylation sites is 1. The molecular weight excluding hydrogens is 358 g/mol. The SMILES string of the molecule is CCCn1c(SCC(=O)N(C)Cc2ccccc2)nc2ccccc2c1=O. The van der Waals surface area contributed by atoms with Crippen molar-refractivity contribution in [2.24, 2.45) is 0 Å². The van der Waals surface area contributed by atoms with Gasteiger partial charge in [0.2, 0.25) is 5.91 Å². The van der Waals surface area contributed by atoms with Crippen LogP contribution in [0.25, 0.3) is 10.9 Å². The van der Waals surface area contributed by atoms with Gasteiger partial charge in [-0.25, -0.2) is 4.98 Å². The quantitative estimate of drug-likeness (QED) is 0.464. The molecular formula is C21H23N3O2S. The summed E-state index contributed by atoms with van der Waals surface area (Å²) in [6.07, 6.45) is 0.829. The van der Waals surface area contributed by atoms with Gasteiger partial charge in [0.25, 0.3) is 5.56 Å². The van der Waals surface area contributed by atoms with E-state index in [9.17, 15) is 9.59 Å². The van der Waals surface area contributed by atoms with Gasteiger partial charge in [0.1, 0.15) is 0 Å². The molecule has 0 aliphatic heterocycles. The van der Waals surface area contributed by atoms with E-state index in [1.165, 1.54) is 11.8 Å². The third kappa shape index (κ3) is 4.57. The summed E-state index contributed by atoms with van der Waals surface area (Å²) in [6.45, 7) is 3.18. The van der Waals surface area contributed by atoms with Crippen LogP contribution in [0.4, 0.5) is 0 Å². The third-order valence-electron chi connectivity index (χ3n) is 4.29. The van der Waals surface area contributed by atoms with Gasteiger partial charge in [0.05, 0.1) is 16.7 Å². The molecule has 27 heavy (non-hydrogen) atoms. The van der Waals surface area contributed by atoms with Gasteiger partial charge >= 0.3 is 0 Å². The molecule has 3 aromatic rings. The third-order valence-corrected chi connectivity index (χ3v) is 5.25. The Hall–Kier alpha value is -2.60. The van der Waals surface area contributed by atoms with Crippen molar-refractivity contribution < 1.29 is 4.79 Å². The zero-order chi connectivity index (χ0) is 19.2. The second-order valence-electron chi connectivity index (χ2n) is 6.39. The molecule has 0 aliphatic carbocycles. The van der Waals surface area contributed by atoms with E-state index in [0.29, 0.717) is 29.1 Å². The average Bonchev–Trinajstić information content (AvgIpc) is 2.69. The highest BCUT2D eigenvalue weighted by atomic mass is 32.2. The minimum atomic E-state index is -0.0463. The van der Waals surface area contributed by atoms with Crippen LogP contribution in [0, 0.1) is 0 Å². The molecule has 3 rings (SSSR count). The Kier molecular flexibility index (Phi) is 6.29. The fourth-order valence-corrected chi connectivity index (χ4v) is 3.83. The Labute approximate surface area is 163 Å². The fraction of sp³-hybridized carbons (Fsp3) is 0.286. The summed E-state index contributed by atoms with van der Waals surface area (Å²) in [4.78, 5) is 31.6. The number of carbonyl (C=O) groups is 1. The second kappa shape index (κ2) is 8.86. The number of thioether (sulfide) groups is 1. The van der Waals surface area contributed by atoms with Crippen molar-refractivity contribution in [2.45, 2.75) is 31.6 Å². The highest BCUT2D eigenvalue weighted by Crippen LogP contribution is 2.19. The summed E-state index contributed by atoms with van der Waals surface area (Å²) in [5.74, 6) is 0.256. The van der Waals surface area contributed by atoms with Crippen molar-refractivity contribution in [3.05, 3.63) is 70.5 Å². The Morgan fingerprint density at radius 1 is 1.11 bits per heavy atom. The molecule has 0 N–H and O–H groups in total. The van der Waals surface area contributed by atoms with Gasteiger partial charge in [-0.2, -0.15) is 0 Å². The number of hydrogen-bond acceptors (Lipinski definition) is 4. The second-order valence-corrected chi connectivity index (χ2v) is 7.33. The summed E-state index contributed by atoms with van der Waals surface area (Å²) < 4.78 is 1.68. The minimum absolute atomic E-state index is 0.00862.